The zero-order chi connectivity index (χ0) is 21.5. The van der Waals surface area contributed by atoms with Gasteiger partial charge in [-0.15, -0.1) is 23.1 Å². The topological polar surface area (TPSA) is 68.3 Å². The number of rotatable bonds is 8. The van der Waals surface area contributed by atoms with Crippen LogP contribution >= 0.6 is 23.1 Å². The molecule has 0 unspecified atom stereocenters. The lowest BCUT2D eigenvalue weighted by Crippen LogP contribution is -2.37. The maximum Gasteiger partial charge on any atom is 0.338 e. The van der Waals surface area contributed by atoms with E-state index in [9.17, 15) is 9.59 Å². The van der Waals surface area contributed by atoms with Gasteiger partial charge < -0.3 is 10.1 Å². The van der Waals surface area contributed by atoms with Gasteiger partial charge in [-0.3, -0.25) is 4.79 Å². The molecule has 5 nitrogen and oxygen atoms in total. The first-order valence-electron chi connectivity index (χ1n) is 9.62. The van der Waals surface area contributed by atoms with Crippen molar-refractivity contribution in [3.05, 3.63) is 81.8 Å². The van der Waals surface area contributed by atoms with E-state index in [4.69, 9.17) is 4.74 Å². The normalized spacial score (nSPS) is 12.8. The molecule has 7 heteroatoms. The van der Waals surface area contributed by atoms with E-state index < -0.39 is 12.1 Å². The van der Waals surface area contributed by atoms with Crippen molar-refractivity contribution >= 4 is 35.0 Å². The van der Waals surface area contributed by atoms with Gasteiger partial charge in [0.25, 0.3) is 5.91 Å². The first-order chi connectivity index (χ1) is 14.4. The van der Waals surface area contributed by atoms with Crippen LogP contribution in [0.5, 0.6) is 0 Å². The third-order valence-corrected chi connectivity index (χ3v) is 6.32. The van der Waals surface area contributed by atoms with E-state index in [1.165, 1.54) is 0 Å². The number of carbonyl (C=O) groups excluding carboxylic acids is 2. The minimum Gasteiger partial charge on any atom is -0.449 e. The second kappa shape index (κ2) is 10.4. The fourth-order valence-electron chi connectivity index (χ4n) is 2.76. The van der Waals surface area contributed by atoms with Gasteiger partial charge in [0.1, 0.15) is 0 Å². The highest BCUT2D eigenvalue weighted by Crippen LogP contribution is 2.24. The highest BCUT2D eigenvalue weighted by molar-refractivity contribution is 7.98. The number of nitrogens with zero attached hydrogens (tertiary/aromatic N) is 1. The second-order valence-electron chi connectivity index (χ2n) is 6.86. The summed E-state index contributed by atoms with van der Waals surface area (Å²) < 4.78 is 5.34. The fraction of sp³-hybridized carbons (Fsp3) is 0.261. The van der Waals surface area contributed by atoms with E-state index in [0.717, 1.165) is 26.9 Å². The zero-order valence-corrected chi connectivity index (χ0v) is 18.8. The van der Waals surface area contributed by atoms with Crippen molar-refractivity contribution in [2.45, 2.75) is 43.6 Å². The van der Waals surface area contributed by atoms with Crippen LogP contribution in [0.2, 0.25) is 0 Å². The third kappa shape index (κ3) is 6.18. The molecule has 30 heavy (non-hydrogen) atoms. The molecule has 0 bridgehead atoms. The summed E-state index contributed by atoms with van der Waals surface area (Å²) in [5.74, 6) is -0.0626. The minimum atomic E-state index is -0.884. The molecule has 1 heterocycles. The summed E-state index contributed by atoms with van der Waals surface area (Å²) in [5, 5.41) is 5.98. The van der Waals surface area contributed by atoms with E-state index in [1.807, 2.05) is 56.3 Å². The van der Waals surface area contributed by atoms with E-state index in [1.54, 1.807) is 42.2 Å². The average molecular weight is 441 g/mol. The Morgan fingerprint density at radius 3 is 2.43 bits per heavy atom. The Balaban J connectivity index is 1.50. The van der Waals surface area contributed by atoms with Crippen LogP contribution in [0.25, 0.3) is 0 Å². The number of hydrogen-bond acceptors (Lipinski definition) is 6. The lowest BCUT2D eigenvalue weighted by Gasteiger charge is -2.18. The van der Waals surface area contributed by atoms with Crippen LogP contribution in [0.15, 0.2) is 64.9 Å². The molecule has 0 radical (unpaired) electrons. The van der Waals surface area contributed by atoms with Gasteiger partial charge in [0.2, 0.25) is 0 Å². The molecular formula is C23H24N2O3S2. The number of esters is 1. The molecule has 0 saturated heterocycles. The fourth-order valence-corrected chi connectivity index (χ4v) is 4.27. The van der Waals surface area contributed by atoms with E-state index >= 15 is 0 Å². The Kier molecular flexibility index (Phi) is 7.65. The molecule has 156 valence electrons. The van der Waals surface area contributed by atoms with Gasteiger partial charge in [-0.2, -0.15) is 0 Å². The van der Waals surface area contributed by atoms with Crippen LogP contribution in [-0.4, -0.2) is 23.0 Å². The Hall–Kier alpha value is -2.64. The number of carbonyl (C=O) groups is 2. The summed E-state index contributed by atoms with van der Waals surface area (Å²) in [6, 6.07) is 16.7. The van der Waals surface area contributed by atoms with Crippen molar-refractivity contribution in [2.24, 2.45) is 0 Å². The Morgan fingerprint density at radius 2 is 1.80 bits per heavy atom. The molecule has 1 amide bonds. The van der Waals surface area contributed by atoms with Crippen LogP contribution < -0.4 is 5.32 Å². The molecule has 1 aromatic heterocycles. The van der Waals surface area contributed by atoms with E-state index in [2.05, 4.69) is 15.7 Å². The lowest BCUT2D eigenvalue weighted by atomic mass is 10.1. The van der Waals surface area contributed by atoms with Crippen molar-refractivity contribution in [3.8, 4) is 0 Å². The molecule has 0 fully saturated rings. The molecule has 0 aliphatic carbocycles. The molecule has 2 aromatic carbocycles. The molecule has 0 saturated carbocycles. The van der Waals surface area contributed by atoms with E-state index in [0.29, 0.717) is 5.56 Å². The number of thioether (sulfide) groups is 1. The highest BCUT2D eigenvalue weighted by Gasteiger charge is 2.20. The molecule has 0 spiro atoms. The number of benzene rings is 2. The molecule has 2 atom stereocenters. The van der Waals surface area contributed by atoms with Crippen LogP contribution in [0, 0.1) is 6.92 Å². The van der Waals surface area contributed by atoms with Crippen LogP contribution in [-0.2, 0) is 15.3 Å². The van der Waals surface area contributed by atoms with Crippen LogP contribution in [0.4, 0.5) is 0 Å². The minimum absolute atomic E-state index is 0.169. The van der Waals surface area contributed by atoms with Gasteiger partial charge in [0, 0.05) is 16.0 Å². The Morgan fingerprint density at radius 1 is 1.10 bits per heavy atom. The van der Waals surface area contributed by atoms with Crippen LogP contribution in [0.3, 0.4) is 0 Å². The van der Waals surface area contributed by atoms with Crippen molar-refractivity contribution in [2.75, 3.05) is 0 Å². The molecule has 3 aromatic rings. The molecule has 1 N–H and O–H groups in total. The number of ether oxygens (including phenoxy) is 1. The van der Waals surface area contributed by atoms with E-state index in [-0.39, 0.29) is 11.9 Å². The second-order valence-corrected chi connectivity index (χ2v) is 8.97. The summed E-state index contributed by atoms with van der Waals surface area (Å²) >= 11 is 3.30. The first kappa shape index (κ1) is 22.1. The van der Waals surface area contributed by atoms with Gasteiger partial charge in [-0.1, -0.05) is 30.3 Å². The smallest absolute Gasteiger partial charge is 0.338 e. The molecule has 0 aliphatic heterocycles. The Bertz CT molecular complexity index is 987. The predicted octanol–water partition coefficient (Wildman–Crippen LogP) is 5.17. The number of aryl methyl sites for hydroxylation is 1. The largest absolute Gasteiger partial charge is 0.449 e. The van der Waals surface area contributed by atoms with Crippen molar-refractivity contribution in [1.29, 1.82) is 0 Å². The van der Waals surface area contributed by atoms with Crippen LogP contribution in [0.1, 0.15) is 46.5 Å². The molecular weight excluding hydrogens is 416 g/mol. The summed E-state index contributed by atoms with van der Waals surface area (Å²) in [6.07, 6.45) is -0.884. The third-order valence-electron chi connectivity index (χ3n) is 4.45. The summed E-state index contributed by atoms with van der Waals surface area (Å²) in [5.41, 5.74) is 2.46. The maximum absolute atomic E-state index is 12.4. The summed E-state index contributed by atoms with van der Waals surface area (Å²) in [4.78, 5) is 30.3. The average Bonchev–Trinajstić information content (AvgIpc) is 3.18. The monoisotopic (exact) mass is 440 g/mol. The number of hydrogen-bond donors (Lipinski definition) is 1. The first-order valence-corrected chi connectivity index (χ1v) is 11.5. The summed E-state index contributed by atoms with van der Waals surface area (Å²) in [6.45, 7) is 5.46. The number of nitrogens with one attached hydrogen (secondary N) is 1. The summed E-state index contributed by atoms with van der Waals surface area (Å²) in [7, 11) is 0. The number of aromatic nitrogens is 1. The van der Waals surface area contributed by atoms with Gasteiger partial charge in [-0.25, -0.2) is 9.78 Å². The van der Waals surface area contributed by atoms with Crippen molar-refractivity contribution in [3.63, 3.8) is 0 Å². The standard InChI is InChI=1S/C23H24N2O3S2/c1-15(18-7-5-4-6-8-18)24-22(26)16(2)28-23(27)19-9-11-21(12-10-19)30-14-20-13-29-17(3)25-20/h4-13,15-16H,14H2,1-3H3,(H,24,26)/t15-,16-/m1/s1. The molecule has 0 aliphatic rings. The predicted molar refractivity (Wildman–Crippen MR) is 121 cm³/mol. The lowest BCUT2D eigenvalue weighted by molar-refractivity contribution is -0.129. The molecule has 3 rings (SSSR count). The highest BCUT2D eigenvalue weighted by atomic mass is 32.2. The zero-order valence-electron chi connectivity index (χ0n) is 17.1. The van der Waals surface area contributed by atoms with Crippen molar-refractivity contribution < 1.29 is 14.3 Å². The Labute approximate surface area is 184 Å². The van der Waals surface area contributed by atoms with Gasteiger partial charge in [0.05, 0.1) is 22.3 Å². The SMILES string of the molecule is Cc1nc(CSc2ccc(C(=O)O[C@H](C)C(=O)N[C@H](C)c3ccccc3)cc2)cs1. The van der Waals surface area contributed by atoms with Gasteiger partial charge >= 0.3 is 5.97 Å². The number of amides is 1. The van der Waals surface area contributed by atoms with Crippen molar-refractivity contribution in [1.82, 2.24) is 10.3 Å². The van der Waals surface area contributed by atoms with Gasteiger partial charge in [0.15, 0.2) is 6.10 Å². The quantitative estimate of drug-likeness (QED) is 0.387. The maximum atomic E-state index is 12.4. The number of thiazole rings is 1. The van der Waals surface area contributed by atoms with Gasteiger partial charge in [-0.05, 0) is 50.6 Å².